The van der Waals surface area contributed by atoms with Crippen molar-refractivity contribution in [3.05, 3.63) is 65.2 Å². The van der Waals surface area contributed by atoms with Crippen molar-refractivity contribution in [2.45, 2.75) is 51.0 Å². The van der Waals surface area contributed by atoms with Crippen LogP contribution in [0.5, 0.6) is 0 Å². The van der Waals surface area contributed by atoms with E-state index in [1.54, 1.807) is 19.0 Å². The van der Waals surface area contributed by atoms with Crippen LogP contribution in [0.25, 0.3) is 0 Å². The molecule has 3 rings (SSSR count). The number of nitrogens with zero attached hydrogens (tertiary/aromatic N) is 1. The lowest BCUT2D eigenvalue weighted by Crippen LogP contribution is -2.48. The Morgan fingerprint density at radius 3 is 2.41 bits per heavy atom. The van der Waals surface area contributed by atoms with E-state index in [1.807, 2.05) is 24.3 Å². The van der Waals surface area contributed by atoms with E-state index in [4.69, 9.17) is 12.2 Å². The van der Waals surface area contributed by atoms with E-state index >= 15 is 0 Å². The Labute approximate surface area is 179 Å². The molecule has 0 atom stereocenters. The van der Waals surface area contributed by atoms with Crippen molar-refractivity contribution in [1.29, 1.82) is 0 Å². The summed E-state index contributed by atoms with van der Waals surface area (Å²) in [6.07, 6.45) is 6.91. The SMILES string of the molecule is Cc1cccc(CCC2(NC(=S)Nc3ccc(C(=O)N(C)C)cc3)CCCC2)c1. The zero-order valence-corrected chi connectivity index (χ0v) is 18.4. The molecule has 2 N–H and O–H groups in total. The molecule has 0 unspecified atom stereocenters. The second-order valence-electron chi connectivity index (χ2n) is 8.33. The van der Waals surface area contributed by atoms with Crippen molar-refractivity contribution >= 4 is 28.9 Å². The number of hydrogen-bond acceptors (Lipinski definition) is 2. The fourth-order valence-electron chi connectivity index (χ4n) is 4.10. The van der Waals surface area contributed by atoms with Crippen LogP contribution in [0.15, 0.2) is 48.5 Å². The number of carbonyl (C=O) groups is 1. The van der Waals surface area contributed by atoms with E-state index in [0.29, 0.717) is 10.7 Å². The highest BCUT2D eigenvalue weighted by Gasteiger charge is 2.34. The van der Waals surface area contributed by atoms with Crippen LogP contribution >= 0.6 is 12.2 Å². The minimum atomic E-state index is -0.00157. The Balaban J connectivity index is 1.60. The molecule has 0 aliphatic heterocycles. The third kappa shape index (κ3) is 5.80. The van der Waals surface area contributed by atoms with Gasteiger partial charge in [0.1, 0.15) is 0 Å². The first-order valence-electron chi connectivity index (χ1n) is 10.3. The summed E-state index contributed by atoms with van der Waals surface area (Å²) in [4.78, 5) is 13.6. The molecule has 0 spiro atoms. The highest BCUT2D eigenvalue weighted by molar-refractivity contribution is 7.80. The minimum absolute atomic E-state index is 0.00157. The van der Waals surface area contributed by atoms with Gasteiger partial charge in [0.15, 0.2) is 5.11 Å². The van der Waals surface area contributed by atoms with E-state index in [9.17, 15) is 4.79 Å². The Kier molecular flexibility index (Phi) is 6.91. The van der Waals surface area contributed by atoms with E-state index in [0.717, 1.165) is 31.4 Å². The quantitative estimate of drug-likeness (QED) is 0.664. The molecule has 1 saturated carbocycles. The van der Waals surface area contributed by atoms with E-state index < -0.39 is 0 Å². The van der Waals surface area contributed by atoms with Crippen molar-refractivity contribution in [1.82, 2.24) is 10.2 Å². The van der Waals surface area contributed by atoms with E-state index in [2.05, 4.69) is 41.8 Å². The monoisotopic (exact) mass is 409 g/mol. The van der Waals surface area contributed by atoms with Crippen LogP contribution < -0.4 is 10.6 Å². The smallest absolute Gasteiger partial charge is 0.253 e. The van der Waals surface area contributed by atoms with Gasteiger partial charge in [-0.15, -0.1) is 0 Å². The van der Waals surface area contributed by atoms with Crippen molar-refractivity contribution in [3.8, 4) is 0 Å². The zero-order chi connectivity index (χ0) is 20.9. The molecule has 0 heterocycles. The molecule has 0 saturated heterocycles. The number of anilines is 1. The Morgan fingerprint density at radius 1 is 1.10 bits per heavy atom. The number of carbonyl (C=O) groups excluding carboxylic acids is 1. The summed E-state index contributed by atoms with van der Waals surface area (Å²) >= 11 is 5.62. The van der Waals surface area contributed by atoms with Crippen LogP contribution in [0.3, 0.4) is 0 Å². The summed E-state index contributed by atoms with van der Waals surface area (Å²) in [5.74, 6) is -0.00157. The van der Waals surface area contributed by atoms with Crippen molar-refractivity contribution < 1.29 is 4.79 Å². The maximum Gasteiger partial charge on any atom is 0.253 e. The zero-order valence-electron chi connectivity index (χ0n) is 17.6. The molecule has 1 aliphatic carbocycles. The normalized spacial score (nSPS) is 15.0. The number of benzene rings is 2. The van der Waals surface area contributed by atoms with Gasteiger partial charge >= 0.3 is 0 Å². The predicted molar refractivity (Wildman–Crippen MR) is 125 cm³/mol. The average molecular weight is 410 g/mol. The highest BCUT2D eigenvalue weighted by Crippen LogP contribution is 2.34. The molecule has 1 fully saturated rings. The number of thiocarbonyl (C=S) groups is 1. The third-order valence-corrected chi connectivity index (χ3v) is 5.91. The van der Waals surface area contributed by atoms with Gasteiger partial charge in [-0.25, -0.2) is 0 Å². The van der Waals surface area contributed by atoms with Gasteiger partial charge < -0.3 is 15.5 Å². The first-order valence-corrected chi connectivity index (χ1v) is 10.7. The number of nitrogens with one attached hydrogen (secondary N) is 2. The molecule has 4 nitrogen and oxygen atoms in total. The number of rotatable bonds is 6. The highest BCUT2D eigenvalue weighted by atomic mass is 32.1. The summed E-state index contributed by atoms with van der Waals surface area (Å²) in [7, 11) is 3.51. The fraction of sp³-hybridized carbons (Fsp3) is 0.417. The fourth-order valence-corrected chi connectivity index (χ4v) is 4.43. The van der Waals surface area contributed by atoms with Crippen LogP contribution in [-0.2, 0) is 6.42 Å². The van der Waals surface area contributed by atoms with Gasteiger partial charge in [0.05, 0.1) is 0 Å². The summed E-state index contributed by atoms with van der Waals surface area (Å²) in [5, 5.41) is 7.57. The predicted octanol–water partition coefficient (Wildman–Crippen LogP) is 4.93. The van der Waals surface area contributed by atoms with Crippen molar-refractivity contribution in [3.63, 3.8) is 0 Å². The Morgan fingerprint density at radius 2 is 1.79 bits per heavy atom. The molecule has 1 aliphatic rings. The van der Waals surface area contributed by atoms with E-state index in [-0.39, 0.29) is 11.4 Å². The topological polar surface area (TPSA) is 44.4 Å². The molecule has 0 aromatic heterocycles. The molecule has 2 aromatic rings. The van der Waals surface area contributed by atoms with Gasteiger partial charge in [-0.1, -0.05) is 42.7 Å². The number of amides is 1. The Hall–Kier alpha value is -2.40. The average Bonchev–Trinajstić information content (AvgIpc) is 3.15. The largest absolute Gasteiger partial charge is 0.357 e. The maximum atomic E-state index is 12.0. The van der Waals surface area contributed by atoms with Gasteiger partial charge in [0, 0.05) is 30.9 Å². The van der Waals surface area contributed by atoms with Gasteiger partial charge in [-0.2, -0.15) is 0 Å². The minimum Gasteiger partial charge on any atom is -0.357 e. The number of aryl methyl sites for hydroxylation is 2. The molecule has 29 heavy (non-hydrogen) atoms. The first-order chi connectivity index (χ1) is 13.9. The summed E-state index contributed by atoms with van der Waals surface area (Å²) in [5.41, 5.74) is 4.33. The van der Waals surface area contributed by atoms with Gasteiger partial charge in [0.2, 0.25) is 0 Å². The molecule has 2 aromatic carbocycles. The second kappa shape index (κ2) is 9.40. The lowest BCUT2D eigenvalue weighted by atomic mass is 9.89. The van der Waals surface area contributed by atoms with Crippen molar-refractivity contribution in [2.75, 3.05) is 19.4 Å². The van der Waals surface area contributed by atoms with Crippen LogP contribution in [0, 0.1) is 6.92 Å². The molecular formula is C24H31N3OS. The molecule has 0 bridgehead atoms. The summed E-state index contributed by atoms with van der Waals surface area (Å²) < 4.78 is 0. The second-order valence-corrected chi connectivity index (χ2v) is 8.74. The Bertz CT molecular complexity index is 855. The maximum absolute atomic E-state index is 12.0. The summed E-state index contributed by atoms with van der Waals surface area (Å²) in [6.45, 7) is 2.14. The lowest BCUT2D eigenvalue weighted by molar-refractivity contribution is 0.0827. The molecule has 1 amide bonds. The van der Waals surface area contributed by atoms with Gasteiger partial charge in [0.25, 0.3) is 5.91 Å². The van der Waals surface area contributed by atoms with Crippen LogP contribution in [0.1, 0.15) is 53.6 Å². The molecule has 5 heteroatoms. The standard InChI is InChI=1S/C24H31N3OS/c1-18-7-6-8-19(17-18)13-16-24(14-4-5-15-24)26-23(29)25-21-11-9-20(10-12-21)22(28)27(2)3/h6-12,17H,4-5,13-16H2,1-3H3,(H2,25,26,29). The van der Waals surface area contributed by atoms with Crippen LogP contribution in [0.4, 0.5) is 5.69 Å². The van der Waals surface area contributed by atoms with E-state index in [1.165, 1.54) is 24.0 Å². The first kappa shape index (κ1) is 21.3. The molecule has 154 valence electrons. The molecule has 0 radical (unpaired) electrons. The van der Waals surface area contributed by atoms with Gasteiger partial charge in [-0.3, -0.25) is 4.79 Å². The number of hydrogen-bond donors (Lipinski definition) is 2. The summed E-state index contributed by atoms with van der Waals surface area (Å²) in [6, 6.07) is 16.2. The third-order valence-electron chi connectivity index (χ3n) is 5.71. The molecular weight excluding hydrogens is 378 g/mol. The van der Waals surface area contributed by atoms with Crippen molar-refractivity contribution in [2.24, 2.45) is 0 Å². The van der Waals surface area contributed by atoms with Gasteiger partial charge in [-0.05, 0) is 74.7 Å². The van der Waals surface area contributed by atoms with Crippen LogP contribution in [0.2, 0.25) is 0 Å². The lowest BCUT2D eigenvalue weighted by Gasteiger charge is -2.32. The van der Waals surface area contributed by atoms with Crippen LogP contribution in [-0.4, -0.2) is 35.6 Å².